The van der Waals surface area contributed by atoms with Crippen LogP contribution in [-0.4, -0.2) is 30.5 Å². The highest BCUT2D eigenvalue weighted by atomic mass is 79.9. The predicted molar refractivity (Wildman–Crippen MR) is 84.5 cm³/mol. The molecule has 1 fully saturated rings. The normalized spacial score (nSPS) is 21.2. The van der Waals surface area contributed by atoms with Crippen molar-refractivity contribution in [3.63, 3.8) is 0 Å². The SMILES string of the molecule is CCC1C(=O)NC(C)(C)C(=O)N1c1ccc(Br)c(OC)c1. The number of halogens is 1. The highest BCUT2D eigenvalue weighted by molar-refractivity contribution is 9.10. The van der Waals surface area contributed by atoms with Crippen molar-refractivity contribution in [2.45, 2.75) is 38.8 Å². The number of nitrogens with zero attached hydrogens (tertiary/aromatic N) is 1. The molecule has 2 rings (SSSR count). The molecule has 1 aliphatic heterocycles. The van der Waals surface area contributed by atoms with E-state index in [0.717, 1.165) is 4.47 Å². The van der Waals surface area contributed by atoms with Crippen LogP contribution < -0.4 is 15.0 Å². The lowest BCUT2D eigenvalue weighted by Gasteiger charge is -2.42. The van der Waals surface area contributed by atoms with E-state index in [1.54, 1.807) is 31.9 Å². The first kappa shape index (κ1) is 15.8. The molecule has 0 radical (unpaired) electrons. The zero-order valence-electron chi connectivity index (χ0n) is 12.6. The van der Waals surface area contributed by atoms with Crippen molar-refractivity contribution in [3.8, 4) is 5.75 Å². The van der Waals surface area contributed by atoms with Gasteiger partial charge < -0.3 is 10.1 Å². The minimum Gasteiger partial charge on any atom is -0.495 e. The maximum absolute atomic E-state index is 12.7. The largest absolute Gasteiger partial charge is 0.495 e. The van der Waals surface area contributed by atoms with E-state index in [-0.39, 0.29) is 11.8 Å². The number of piperazine rings is 1. The van der Waals surface area contributed by atoms with Crippen LogP contribution in [0.25, 0.3) is 0 Å². The van der Waals surface area contributed by atoms with Gasteiger partial charge in [-0.25, -0.2) is 0 Å². The van der Waals surface area contributed by atoms with Crippen LogP contribution in [0.4, 0.5) is 5.69 Å². The number of hydrogen-bond acceptors (Lipinski definition) is 3. The Bertz CT molecular complexity index is 586. The lowest BCUT2D eigenvalue weighted by Crippen LogP contribution is -2.68. The zero-order chi connectivity index (χ0) is 15.8. The van der Waals surface area contributed by atoms with Gasteiger partial charge in [-0.1, -0.05) is 6.92 Å². The number of methoxy groups -OCH3 is 1. The summed E-state index contributed by atoms with van der Waals surface area (Å²) in [5, 5.41) is 2.78. The van der Waals surface area contributed by atoms with Crippen LogP contribution in [0.15, 0.2) is 22.7 Å². The molecule has 0 aliphatic carbocycles. The summed E-state index contributed by atoms with van der Waals surface area (Å²) >= 11 is 3.39. The van der Waals surface area contributed by atoms with E-state index < -0.39 is 11.6 Å². The highest BCUT2D eigenvalue weighted by Crippen LogP contribution is 2.33. The Morgan fingerprint density at radius 3 is 2.62 bits per heavy atom. The van der Waals surface area contributed by atoms with E-state index in [1.165, 1.54) is 0 Å². The second-order valence-corrected chi connectivity index (χ2v) is 6.39. The summed E-state index contributed by atoms with van der Waals surface area (Å²) in [4.78, 5) is 26.5. The molecule has 21 heavy (non-hydrogen) atoms. The first-order valence-corrected chi connectivity index (χ1v) is 7.60. The maximum Gasteiger partial charge on any atom is 0.252 e. The van der Waals surface area contributed by atoms with E-state index in [1.807, 2.05) is 19.1 Å². The maximum atomic E-state index is 12.7. The lowest BCUT2D eigenvalue weighted by atomic mass is 9.95. The van der Waals surface area contributed by atoms with Gasteiger partial charge in [0, 0.05) is 11.8 Å². The van der Waals surface area contributed by atoms with E-state index >= 15 is 0 Å². The smallest absolute Gasteiger partial charge is 0.252 e. The van der Waals surface area contributed by atoms with Crippen LogP contribution in [0.2, 0.25) is 0 Å². The summed E-state index contributed by atoms with van der Waals surface area (Å²) in [7, 11) is 1.57. The van der Waals surface area contributed by atoms with Gasteiger partial charge in [0.05, 0.1) is 11.6 Å². The summed E-state index contributed by atoms with van der Waals surface area (Å²) in [6.07, 6.45) is 0.548. The molecule has 1 aromatic carbocycles. The molecule has 1 saturated heterocycles. The van der Waals surface area contributed by atoms with Crippen molar-refractivity contribution in [2.75, 3.05) is 12.0 Å². The summed E-state index contributed by atoms with van der Waals surface area (Å²) in [6, 6.07) is 4.88. The van der Waals surface area contributed by atoms with E-state index in [4.69, 9.17) is 4.74 Å². The second kappa shape index (κ2) is 5.67. The molecule has 6 heteroatoms. The molecule has 0 spiro atoms. The third-order valence-corrected chi connectivity index (χ3v) is 4.26. The number of benzene rings is 1. The molecule has 1 N–H and O–H groups in total. The molecule has 1 heterocycles. The fourth-order valence-corrected chi connectivity index (χ4v) is 2.88. The summed E-state index contributed by atoms with van der Waals surface area (Å²) in [5.74, 6) is 0.362. The van der Waals surface area contributed by atoms with Crippen molar-refractivity contribution in [3.05, 3.63) is 22.7 Å². The first-order valence-electron chi connectivity index (χ1n) is 6.81. The summed E-state index contributed by atoms with van der Waals surface area (Å²) < 4.78 is 6.07. The number of carbonyl (C=O) groups excluding carboxylic acids is 2. The van der Waals surface area contributed by atoms with Gasteiger partial charge in [-0.2, -0.15) is 0 Å². The molecule has 5 nitrogen and oxygen atoms in total. The molecule has 1 atom stereocenters. The van der Waals surface area contributed by atoms with Gasteiger partial charge in [-0.05, 0) is 48.3 Å². The number of nitrogens with one attached hydrogen (secondary N) is 1. The minimum absolute atomic E-state index is 0.127. The van der Waals surface area contributed by atoms with Gasteiger partial charge in [0.15, 0.2) is 0 Å². The van der Waals surface area contributed by atoms with Crippen molar-refractivity contribution in [1.82, 2.24) is 5.32 Å². The molecule has 0 aromatic heterocycles. The number of anilines is 1. The van der Waals surface area contributed by atoms with Gasteiger partial charge in [-0.15, -0.1) is 0 Å². The third kappa shape index (κ3) is 2.77. The average molecular weight is 355 g/mol. The quantitative estimate of drug-likeness (QED) is 0.906. The van der Waals surface area contributed by atoms with Crippen LogP contribution in [0.1, 0.15) is 27.2 Å². The van der Waals surface area contributed by atoms with Gasteiger partial charge in [0.25, 0.3) is 5.91 Å². The van der Waals surface area contributed by atoms with Crippen LogP contribution >= 0.6 is 15.9 Å². The molecule has 1 aliphatic rings. The van der Waals surface area contributed by atoms with E-state index in [9.17, 15) is 9.59 Å². The lowest BCUT2D eigenvalue weighted by molar-refractivity contribution is -0.137. The van der Waals surface area contributed by atoms with Gasteiger partial charge >= 0.3 is 0 Å². The Balaban J connectivity index is 2.51. The molecular weight excluding hydrogens is 336 g/mol. The Labute approximate surface area is 132 Å². The Hall–Kier alpha value is -1.56. The fraction of sp³-hybridized carbons (Fsp3) is 0.467. The van der Waals surface area contributed by atoms with Crippen molar-refractivity contribution >= 4 is 33.4 Å². The standard InChI is InChI=1S/C15H19BrN2O3/c1-5-11-13(19)17-15(2,3)14(20)18(11)9-6-7-10(16)12(8-9)21-4/h6-8,11H,5H2,1-4H3,(H,17,19). The monoisotopic (exact) mass is 354 g/mol. The molecular formula is C15H19BrN2O3. The van der Waals surface area contributed by atoms with Gasteiger partial charge in [0.1, 0.15) is 17.3 Å². The molecule has 2 amide bonds. The Kier molecular flexibility index (Phi) is 4.27. The molecule has 114 valence electrons. The molecule has 1 aromatic rings. The third-order valence-electron chi connectivity index (χ3n) is 3.60. The number of amides is 2. The average Bonchev–Trinajstić information content (AvgIpc) is 2.43. The van der Waals surface area contributed by atoms with Crippen LogP contribution in [0, 0.1) is 0 Å². The molecule has 1 unspecified atom stereocenters. The Morgan fingerprint density at radius 1 is 1.38 bits per heavy atom. The second-order valence-electron chi connectivity index (χ2n) is 5.53. The number of ether oxygens (including phenoxy) is 1. The van der Waals surface area contributed by atoms with Crippen molar-refractivity contribution < 1.29 is 14.3 Å². The highest BCUT2D eigenvalue weighted by Gasteiger charge is 2.45. The van der Waals surface area contributed by atoms with E-state index in [0.29, 0.717) is 17.9 Å². The molecule has 0 bridgehead atoms. The number of carbonyl (C=O) groups is 2. The predicted octanol–water partition coefficient (Wildman–Crippen LogP) is 2.48. The van der Waals surface area contributed by atoms with Gasteiger partial charge in [-0.3, -0.25) is 14.5 Å². The van der Waals surface area contributed by atoms with E-state index in [2.05, 4.69) is 21.2 Å². The zero-order valence-corrected chi connectivity index (χ0v) is 14.2. The first-order chi connectivity index (χ1) is 9.81. The van der Waals surface area contributed by atoms with Crippen molar-refractivity contribution in [1.29, 1.82) is 0 Å². The summed E-state index contributed by atoms with van der Waals surface area (Å²) in [5.41, 5.74) is -0.252. The van der Waals surface area contributed by atoms with Crippen LogP contribution in [0.3, 0.4) is 0 Å². The number of hydrogen-bond donors (Lipinski definition) is 1. The van der Waals surface area contributed by atoms with Crippen LogP contribution in [0.5, 0.6) is 5.75 Å². The minimum atomic E-state index is -0.914. The van der Waals surface area contributed by atoms with Gasteiger partial charge in [0.2, 0.25) is 5.91 Å². The van der Waals surface area contributed by atoms with Crippen LogP contribution in [-0.2, 0) is 9.59 Å². The topological polar surface area (TPSA) is 58.6 Å². The summed E-state index contributed by atoms with van der Waals surface area (Å²) in [6.45, 7) is 5.31. The molecule has 0 saturated carbocycles. The van der Waals surface area contributed by atoms with Crippen molar-refractivity contribution in [2.24, 2.45) is 0 Å². The Morgan fingerprint density at radius 2 is 2.05 bits per heavy atom. The number of rotatable bonds is 3. The fourth-order valence-electron chi connectivity index (χ4n) is 2.47.